The van der Waals surface area contributed by atoms with Gasteiger partial charge in [-0.05, 0) is 50.2 Å². The fourth-order valence-electron chi connectivity index (χ4n) is 2.13. The first-order chi connectivity index (χ1) is 8.24. The largest absolute Gasteiger partial charge is 0.390 e. The van der Waals surface area contributed by atoms with E-state index in [1.807, 2.05) is 24.3 Å². The molecule has 0 radical (unpaired) electrons. The minimum atomic E-state index is -0.316. The SMILES string of the molecule is O[C@@H](CNc1ccc(Cl)cc1)CN1CCCC1. The molecule has 0 aromatic heterocycles. The van der Waals surface area contributed by atoms with Gasteiger partial charge in [-0.3, -0.25) is 0 Å². The van der Waals surface area contributed by atoms with Crippen LogP contribution in [0.5, 0.6) is 0 Å². The number of likely N-dealkylation sites (tertiary alicyclic amines) is 1. The van der Waals surface area contributed by atoms with Gasteiger partial charge in [-0.1, -0.05) is 11.6 Å². The van der Waals surface area contributed by atoms with Crippen molar-refractivity contribution >= 4 is 17.3 Å². The number of aliphatic hydroxyl groups is 1. The van der Waals surface area contributed by atoms with Crippen molar-refractivity contribution in [1.29, 1.82) is 0 Å². The Morgan fingerprint density at radius 3 is 2.53 bits per heavy atom. The number of anilines is 1. The van der Waals surface area contributed by atoms with E-state index >= 15 is 0 Å². The highest BCUT2D eigenvalue weighted by Crippen LogP contribution is 2.13. The van der Waals surface area contributed by atoms with Gasteiger partial charge in [0.15, 0.2) is 0 Å². The van der Waals surface area contributed by atoms with Gasteiger partial charge in [-0.15, -0.1) is 0 Å². The number of benzene rings is 1. The summed E-state index contributed by atoms with van der Waals surface area (Å²) in [6.45, 7) is 3.59. The first-order valence-corrected chi connectivity index (χ1v) is 6.52. The first kappa shape index (κ1) is 12.7. The lowest BCUT2D eigenvalue weighted by Crippen LogP contribution is -2.34. The Kier molecular flexibility index (Phi) is 4.66. The van der Waals surface area contributed by atoms with Gasteiger partial charge in [0.1, 0.15) is 0 Å². The van der Waals surface area contributed by atoms with Crippen LogP contribution in [0.4, 0.5) is 5.69 Å². The summed E-state index contributed by atoms with van der Waals surface area (Å²) in [5, 5.41) is 13.8. The predicted octanol–water partition coefficient (Wildman–Crippen LogP) is 2.21. The molecule has 1 aromatic rings. The van der Waals surface area contributed by atoms with Crippen LogP contribution in [0.25, 0.3) is 0 Å². The molecule has 1 aliphatic heterocycles. The Bertz CT molecular complexity index is 336. The molecule has 1 atom stereocenters. The van der Waals surface area contributed by atoms with E-state index in [-0.39, 0.29) is 6.10 Å². The summed E-state index contributed by atoms with van der Waals surface area (Å²) >= 11 is 5.80. The standard InChI is InChI=1S/C13H19ClN2O/c14-11-3-5-12(6-4-11)15-9-13(17)10-16-7-1-2-8-16/h3-6,13,15,17H,1-2,7-10H2/t13-/m0/s1. The summed E-state index contributed by atoms with van der Waals surface area (Å²) in [4.78, 5) is 2.31. The number of rotatable bonds is 5. The van der Waals surface area contributed by atoms with Crippen molar-refractivity contribution in [1.82, 2.24) is 4.90 Å². The lowest BCUT2D eigenvalue weighted by atomic mass is 10.3. The number of halogens is 1. The van der Waals surface area contributed by atoms with Crippen LogP contribution in [0.15, 0.2) is 24.3 Å². The molecule has 1 heterocycles. The highest BCUT2D eigenvalue weighted by Gasteiger charge is 2.15. The number of β-amino-alcohol motifs (C(OH)–C–C–N with tert-alkyl or cyclic N) is 1. The van der Waals surface area contributed by atoms with Gasteiger partial charge in [-0.25, -0.2) is 0 Å². The van der Waals surface area contributed by atoms with E-state index in [2.05, 4.69) is 10.2 Å². The van der Waals surface area contributed by atoms with Crippen LogP contribution >= 0.6 is 11.6 Å². The lowest BCUT2D eigenvalue weighted by Gasteiger charge is -2.20. The number of hydrogen-bond acceptors (Lipinski definition) is 3. The number of nitrogens with one attached hydrogen (secondary N) is 1. The summed E-state index contributed by atoms with van der Waals surface area (Å²) in [7, 11) is 0. The van der Waals surface area contributed by atoms with E-state index < -0.39 is 0 Å². The van der Waals surface area contributed by atoms with Crippen LogP contribution in [-0.2, 0) is 0 Å². The van der Waals surface area contributed by atoms with E-state index in [0.29, 0.717) is 6.54 Å². The zero-order chi connectivity index (χ0) is 12.1. The Hall–Kier alpha value is -0.770. The van der Waals surface area contributed by atoms with Crippen LogP contribution in [0.3, 0.4) is 0 Å². The monoisotopic (exact) mass is 254 g/mol. The van der Waals surface area contributed by atoms with Crippen molar-refractivity contribution in [3.63, 3.8) is 0 Å². The third-order valence-electron chi connectivity index (χ3n) is 3.05. The van der Waals surface area contributed by atoms with Crippen molar-refractivity contribution in [2.24, 2.45) is 0 Å². The van der Waals surface area contributed by atoms with Crippen LogP contribution < -0.4 is 5.32 Å². The first-order valence-electron chi connectivity index (χ1n) is 6.14. The van der Waals surface area contributed by atoms with Crippen molar-refractivity contribution in [2.75, 3.05) is 31.5 Å². The zero-order valence-corrected chi connectivity index (χ0v) is 10.7. The van der Waals surface area contributed by atoms with Gasteiger partial charge in [0.25, 0.3) is 0 Å². The normalized spacial score (nSPS) is 18.2. The zero-order valence-electron chi connectivity index (χ0n) is 9.90. The van der Waals surface area contributed by atoms with E-state index in [1.165, 1.54) is 12.8 Å². The Labute approximate surface area is 107 Å². The van der Waals surface area contributed by atoms with Gasteiger partial charge in [0.2, 0.25) is 0 Å². The van der Waals surface area contributed by atoms with Gasteiger partial charge in [-0.2, -0.15) is 0 Å². The van der Waals surface area contributed by atoms with Crippen molar-refractivity contribution < 1.29 is 5.11 Å². The highest BCUT2D eigenvalue weighted by atomic mass is 35.5. The maximum atomic E-state index is 9.90. The van der Waals surface area contributed by atoms with Crippen molar-refractivity contribution in [2.45, 2.75) is 18.9 Å². The predicted molar refractivity (Wildman–Crippen MR) is 71.6 cm³/mol. The van der Waals surface area contributed by atoms with Gasteiger partial charge in [0.05, 0.1) is 6.10 Å². The third kappa shape index (κ3) is 4.19. The fraction of sp³-hybridized carbons (Fsp3) is 0.538. The molecule has 0 aliphatic carbocycles. The van der Waals surface area contributed by atoms with Crippen molar-refractivity contribution in [3.05, 3.63) is 29.3 Å². The smallest absolute Gasteiger partial charge is 0.0839 e. The minimum Gasteiger partial charge on any atom is -0.390 e. The summed E-state index contributed by atoms with van der Waals surface area (Å²) in [5.74, 6) is 0. The molecule has 94 valence electrons. The molecule has 2 N–H and O–H groups in total. The molecule has 0 bridgehead atoms. The van der Waals surface area contributed by atoms with E-state index in [4.69, 9.17) is 11.6 Å². The second-order valence-corrected chi connectivity index (χ2v) is 4.99. The Balaban J connectivity index is 1.71. The quantitative estimate of drug-likeness (QED) is 0.846. The average Bonchev–Trinajstić information content (AvgIpc) is 2.81. The molecule has 2 rings (SSSR count). The summed E-state index contributed by atoms with van der Waals surface area (Å²) < 4.78 is 0. The number of nitrogens with zero attached hydrogens (tertiary/aromatic N) is 1. The number of aliphatic hydroxyl groups excluding tert-OH is 1. The molecule has 0 spiro atoms. The molecule has 17 heavy (non-hydrogen) atoms. The average molecular weight is 255 g/mol. The van der Waals surface area contributed by atoms with E-state index in [9.17, 15) is 5.11 Å². The Morgan fingerprint density at radius 2 is 1.88 bits per heavy atom. The number of hydrogen-bond donors (Lipinski definition) is 2. The molecule has 1 aromatic carbocycles. The molecule has 0 saturated carbocycles. The van der Waals surface area contributed by atoms with E-state index in [1.54, 1.807) is 0 Å². The van der Waals surface area contributed by atoms with E-state index in [0.717, 1.165) is 30.3 Å². The molecular weight excluding hydrogens is 236 g/mol. The molecule has 0 unspecified atom stereocenters. The molecule has 1 aliphatic rings. The molecule has 3 nitrogen and oxygen atoms in total. The Morgan fingerprint density at radius 1 is 1.24 bits per heavy atom. The summed E-state index contributed by atoms with van der Waals surface area (Å²) in [6, 6.07) is 7.53. The van der Waals surface area contributed by atoms with Crippen LogP contribution in [-0.4, -0.2) is 42.3 Å². The summed E-state index contributed by atoms with van der Waals surface area (Å²) in [6.07, 6.45) is 2.21. The second-order valence-electron chi connectivity index (χ2n) is 4.55. The third-order valence-corrected chi connectivity index (χ3v) is 3.31. The van der Waals surface area contributed by atoms with Crippen molar-refractivity contribution in [3.8, 4) is 0 Å². The molecule has 1 saturated heterocycles. The summed E-state index contributed by atoms with van der Waals surface area (Å²) in [5.41, 5.74) is 0.995. The second kappa shape index (κ2) is 6.24. The van der Waals surface area contributed by atoms with Gasteiger partial charge >= 0.3 is 0 Å². The highest BCUT2D eigenvalue weighted by molar-refractivity contribution is 6.30. The molecule has 4 heteroatoms. The van der Waals surface area contributed by atoms with Gasteiger partial charge in [0, 0.05) is 23.8 Å². The molecule has 1 fully saturated rings. The van der Waals surface area contributed by atoms with Crippen LogP contribution in [0.2, 0.25) is 5.02 Å². The van der Waals surface area contributed by atoms with Crippen LogP contribution in [0.1, 0.15) is 12.8 Å². The lowest BCUT2D eigenvalue weighted by molar-refractivity contribution is 0.135. The maximum absolute atomic E-state index is 9.90. The minimum absolute atomic E-state index is 0.316. The maximum Gasteiger partial charge on any atom is 0.0839 e. The molecule has 0 amide bonds. The topological polar surface area (TPSA) is 35.5 Å². The molecular formula is C13H19ClN2O. The fourth-order valence-corrected chi connectivity index (χ4v) is 2.26. The van der Waals surface area contributed by atoms with Gasteiger partial charge < -0.3 is 15.3 Å². The van der Waals surface area contributed by atoms with Crippen LogP contribution in [0, 0.1) is 0 Å².